The predicted molar refractivity (Wildman–Crippen MR) is 86.1 cm³/mol. The zero-order valence-corrected chi connectivity index (χ0v) is 13.6. The second-order valence-corrected chi connectivity index (χ2v) is 5.61. The number of halogens is 1. The van der Waals surface area contributed by atoms with Crippen LogP contribution >= 0.6 is 15.9 Å². The van der Waals surface area contributed by atoms with Crippen LogP contribution in [-0.2, 0) is 0 Å². The Kier molecular flexibility index (Phi) is 5.39. The summed E-state index contributed by atoms with van der Waals surface area (Å²) in [6, 6.07) is 12.7. The molecule has 0 aliphatic heterocycles. The van der Waals surface area contributed by atoms with Gasteiger partial charge in [-0.25, -0.2) is 4.79 Å². The van der Waals surface area contributed by atoms with E-state index in [1.54, 1.807) is 18.2 Å². The number of aryl methyl sites for hydroxylation is 1. The number of hydrogen-bond acceptors (Lipinski definition) is 3. The smallest absolute Gasteiger partial charge is 0.347 e. The third-order valence-electron chi connectivity index (χ3n) is 2.82. The molecule has 3 nitrogen and oxygen atoms in total. The molecule has 2 rings (SSSR count). The van der Waals surface area contributed by atoms with E-state index < -0.39 is 5.97 Å². The SMILES string of the molecule is CCCOc1ccc(Br)cc1C(=O)Oc1cccc(C)c1. The van der Waals surface area contributed by atoms with Crippen molar-refractivity contribution in [2.45, 2.75) is 20.3 Å². The zero-order chi connectivity index (χ0) is 15.2. The number of rotatable bonds is 5. The number of carbonyl (C=O) groups excluding carboxylic acids is 1. The van der Waals surface area contributed by atoms with E-state index in [1.165, 1.54) is 0 Å². The molecule has 0 aliphatic rings. The minimum Gasteiger partial charge on any atom is -0.493 e. The average molecular weight is 349 g/mol. The monoisotopic (exact) mass is 348 g/mol. The van der Waals surface area contributed by atoms with Crippen LogP contribution in [0.5, 0.6) is 11.5 Å². The lowest BCUT2D eigenvalue weighted by molar-refractivity contribution is 0.0730. The Balaban J connectivity index is 2.23. The second kappa shape index (κ2) is 7.27. The van der Waals surface area contributed by atoms with E-state index in [0.29, 0.717) is 23.7 Å². The quantitative estimate of drug-likeness (QED) is 0.576. The van der Waals surface area contributed by atoms with Gasteiger partial charge in [-0.05, 0) is 49.2 Å². The highest BCUT2D eigenvalue weighted by molar-refractivity contribution is 9.10. The highest BCUT2D eigenvalue weighted by Gasteiger charge is 2.15. The van der Waals surface area contributed by atoms with Crippen molar-refractivity contribution in [3.05, 3.63) is 58.1 Å². The Labute approximate surface area is 133 Å². The van der Waals surface area contributed by atoms with Crippen LogP contribution in [0.15, 0.2) is 46.9 Å². The van der Waals surface area contributed by atoms with Crippen LogP contribution in [0.1, 0.15) is 29.3 Å². The van der Waals surface area contributed by atoms with E-state index in [2.05, 4.69) is 15.9 Å². The minimum atomic E-state index is -0.423. The molecule has 2 aromatic carbocycles. The molecule has 21 heavy (non-hydrogen) atoms. The van der Waals surface area contributed by atoms with Gasteiger partial charge in [0.1, 0.15) is 17.1 Å². The molecule has 0 saturated heterocycles. The first-order valence-corrected chi connectivity index (χ1v) is 7.60. The normalized spacial score (nSPS) is 10.2. The Hall–Kier alpha value is -1.81. The predicted octanol–water partition coefficient (Wildman–Crippen LogP) is 4.77. The van der Waals surface area contributed by atoms with Crippen molar-refractivity contribution in [1.29, 1.82) is 0 Å². The van der Waals surface area contributed by atoms with Gasteiger partial charge in [-0.2, -0.15) is 0 Å². The number of ether oxygens (including phenoxy) is 2. The molecule has 0 spiro atoms. The van der Waals surface area contributed by atoms with E-state index >= 15 is 0 Å². The van der Waals surface area contributed by atoms with Gasteiger partial charge in [-0.3, -0.25) is 0 Å². The number of hydrogen-bond donors (Lipinski definition) is 0. The summed E-state index contributed by atoms with van der Waals surface area (Å²) >= 11 is 3.37. The van der Waals surface area contributed by atoms with Crippen molar-refractivity contribution in [2.75, 3.05) is 6.61 Å². The van der Waals surface area contributed by atoms with Gasteiger partial charge >= 0.3 is 5.97 Å². The first kappa shape index (κ1) is 15.6. The fourth-order valence-corrected chi connectivity index (χ4v) is 2.20. The van der Waals surface area contributed by atoms with Crippen molar-refractivity contribution >= 4 is 21.9 Å². The molecule has 4 heteroatoms. The van der Waals surface area contributed by atoms with Crippen LogP contribution in [0.25, 0.3) is 0 Å². The third-order valence-corrected chi connectivity index (χ3v) is 3.32. The molecule has 0 N–H and O–H groups in total. The Bertz CT molecular complexity index is 638. The Morgan fingerprint density at radius 1 is 1.19 bits per heavy atom. The van der Waals surface area contributed by atoms with E-state index in [-0.39, 0.29) is 0 Å². The summed E-state index contributed by atoms with van der Waals surface area (Å²) in [5, 5.41) is 0. The molecule has 0 aromatic heterocycles. The summed E-state index contributed by atoms with van der Waals surface area (Å²) in [7, 11) is 0. The van der Waals surface area contributed by atoms with Gasteiger partial charge in [0.15, 0.2) is 0 Å². The van der Waals surface area contributed by atoms with E-state index in [0.717, 1.165) is 16.5 Å². The Morgan fingerprint density at radius 3 is 2.71 bits per heavy atom. The topological polar surface area (TPSA) is 35.5 Å². The highest BCUT2D eigenvalue weighted by Crippen LogP contribution is 2.25. The second-order valence-electron chi connectivity index (χ2n) is 4.69. The molecule has 0 saturated carbocycles. The van der Waals surface area contributed by atoms with Crippen LogP contribution in [0.3, 0.4) is 0 Å². The summed E-state index contributed by atoms with van der Waals surface area (Å²) in [6.07, 6.45) is 0.877. The van der Waals surface area contributed by atoms with Crippen LogP contribution in [0.4, 0.5) is 0 Å². The van der Waals surface area contributed by atoms with E-state index in [9.17, 15) is 4.79 Å². The molecule has 0 heterocycles. The molecule has 0 amide bonds. The molecule has 0 atom stereocenters. The van der Waals surface area contributed by atoms with Crippen LogP contribution in [-0.4, -0.2) is 12.6 Å². The first-order valence-electron chi connectivity index (χ1n) is 6.81. The largest absolute Gasteiger partial charge is 0.493 e. The Morgan fingerprint density at radius 2 is 2.00 bits per heavy atom. The van der Waals surface area contributed by atoms with Crippen molar-refractivity contribution in [3.8, 4) is 11.5 Å². The average Bonchev–Trinajstić information content (AvgIpc) is 2.46. The third kappa shape index (κ3) is 4.33. The maximum Gasteiger partial charge on any atom is 0.347 e. The number of benzene rings is 2. The first-order chi connectivity index (χ1) is 10.1. The van der Waals surface area contributed by atoms with Gasteiger partial charge < -0.3 is 9.47 Å². The summed E-state index contributed by atoms with van der Waals surface area (Å²) in [4.78, 5) is 12.3. The van der Waals surface area contributed by atoms with Gasteiger partial charge in [-0.1, -0.05) is 35.0 Å². The minimum absolute atomic E-state index is 0.416. The molecule has 0 bridgehead atoms. The molecule has 0 aliphatic carbocycles. The van der Waals surface area contributed by atoms with Gasteiger partial charge in [0.2, 0.25) is 0 Å². The molecule has 0 unspecified atom stereocenters. The molecular formula is C17H17BrO3. The lowest BCUT2D eigenvalue weighted by Crippen LogP contribution is -2.11. The summed E-state index contributed by atoms with van der Waals surface area (Å²) in [6.45, 7) is 4.53. The lowest BCUT2D eigenvalue weighted by atomic mass is 10.2. The fourth-order valence-electron chi connectivity index (χ4n) is 1.84. The van der Waals surface area contributed by atoms with Gasteiger partial charge in [0.25, 0.3) is 0 Å². The fraction of sp³-hybridized carbons (Fsp3) is 0.235. The van der Waals surface area contributed by atoms with E-state index in [4.69, 9.17) is 9.47 Å². The highest BCUT2D eigenvalue weighted by atomic mass is 79.9. The maximum atomic E-state index is 12.3. The van der Waals surface area contributed by atoms with Crippen molar-refractivity contribution in [3.63, 3.8) is 0 Å². The van der Waals surface area contributed by atoms with Crippen molar-refractivity contribution < 1.29 is 14.3 Å². The standard InChI is InChI=1S/C17H17BrO3/c1-3-9-20-16-8-7-13(18)11-15(16)17(19)21-14-6-4-5-12(2)10-14/h4-8,10-11H,3,9H2,1-2H3. The molecule has 0 fully saturated rings. The number of esters is 1. The molecular weight excluding hydrogens is 332 g/mol. The van der Waals surface area contributed by atoms with Crippen LogP contribution in [0, 0.1) is 6.92 Å². The summed E-state index contributed by atoms with van der Waals surface area (Å²) in [5.74, 6) is 0.645. The van der Waals surface area contributed by atoms with Crippen LogP contribution in [0.2, 0.25) is 0 Å². The van der Waals surface area contributed by atoms with Gasteiger partial charge in [0, 0.05) is 4.47 Å². The van der Waals surface area contributed by atoms with Crippen molar-refractivity contribution in [1.82, 2.24) is 0 Å². The van der Waals surface area contributed by atoms with Gasteiger partial charge in [0.05, 0.1) is 6.61 Å². The summed E-state index contributed by atoms with van der Waals surface area (Å²) in [5.41, 5.74) is 1.45. The lowest BCUT2D eigenvalue weighted by Gasteiger charge is -2.11. The maximum absolute atomic E-state index is 12.3. The summed E-state index contributed by atoms with van der Waals surface area (Å²) < 4.78 is 11.8. The van der Waals surface area contributed by atoms with Crippen molar-refractivity contribution in [2.24, 2.45) is 0 Å². The molecule has 0 radical (unpaired) electrons. The van der Waals surface area contributed by atoms with Gasteiger partial charge in [-0.15, -0.1) is 0 Å². The van der Waals surface area contributed by atoms with E-state index in [1.807, 2.05) is 38.1 Å². The van der Waals surface area contributed by atoms with Crippen LogP contribution < -0.4 is 9.47 Å². The molecule has 110 valence electrons. The molecule has 2 aromatic rings. The number of carbonyl (C=O) groups is 1. The zero-order valence-electron chi connectivity index (χ0n) is 12.1.